The molecular formula is C12H18N2O6. The molecule has 0 unspecified atom stereocenters. The highest BCUT2D eigenvalue weighted by molar-refractivity contribution is 5.07. The topological polar surface area (TPSA) is 105 Å². The molecule has 4 saturated carbocycles. The molecule has 8 heteroatoms. The van der Waals surface area contributed by atoms with Gasteiger partial charge in [0, 0.05) is 0 Å². The Kier molecular flexibility index (Phi) is 2.98. The smallest absolute Gasteiger partial charge is 0.294 e. The Balaban J connectivity index is 1.74. The summed E-state index contributed by atoms with van der Waals surface area (Å²) >= 11 is 0. The molecule has 112 valence electrons. The molecule has 0 aliphatic heterocycles. The number of hydrogen-bond donors (Lipinski definition) is 0. The Hall–Kier alpha value is -1.60. The van der Waals surface area contributed by atoms with E-state index in [1.165, 1.54) is 0 Å². The largest absolute Gasteiger partial charge is 0.313 e. The van der Waals surface area contributed by atoms with Crippen LogP contribution in [-0.2, 0) is 9.68 Å². The molecule has 0 amide bonds. The van der Waals surface area contributed by atoms with Crippen LogP contribution in [0.3, 0.4) is 0 Å². The van der Waals surface area contributed by atoms with Crippen molar-refractivity contribution in [1.82, 2.24) is 0 Å². The van der Waals surface area contributed by atoms with Gasteiger partial charge in [0.25, 0.3) is 10.2 Å². The van der Waals surface area contributed by atoms with Gasteiger partial charge < -0.3 is 9.68 Å². The van der Waals surface area contributed by atoms with Crippen molar-refractivity contribution in [3.05, 3.63) is 20.2 Å². The number of hydrogen-bond acceptors (Lipinski definition) is 6. The summed E-state index contributed by atoms with van der Waals surface area (Å²) in [6, 6.07) is 0. The molecule has 0 heterocycles. The third kappa shape index (κ3) is 2.38. The SMILES string of the molecule is O=[N+]([O-])OCC12CC3CC(C1)CC(CO[N+](=O)[O-])(C3)C2. The zero-order valence-corrected chi connectivity index (χ0v) is 11.2. The van der Waals surface area contributed by atoms with E-state index >= 15 is 0 Å². The van der Waals surface area contributed by atoms with Crippen LogP contribution >= 0.6 is 0 Å². The van der Waals surface area contributed by atoms with Gasteiger partial charge >= 0.3 is 0 Å². The van der Waals surface area contributed by atoms with Crippen molar-refractivity contribution in [2.24, 2.45) is 22.7 Å². The summed E-state index contributed by atoms with van der Waals surface area (Å²) in [5.74, 6) is 1.00. The predicted octanol–water partition coefficient (Wildman–Crippen LogP) is 1.99. The molecule has 20 heavy (non-hydrogen) atoms. The van der Waals surface area contributed by atoms with E-state index in [0.29, 0.717) is 11.8 Å². The first-order valence-corrected chi connectivity index (χ1v) is 6.95. The zero-order valence-electron chi connectivity index (χ0n) is 11.2. The maximum Gasteiger partial charge on any atom is 0.294 e. The van der Waals surface area contributed by atoms with Crippen molar-refractivity contribution in [1.29, 1.82) is 0 Å². The second kappa shape index (κ2) is 4.46. The average Bonchev–Trinajstić information content (AvgIpc) is 2.33. The Morgan fingerprint density at radius 3 is 1.65 bits per heavy atom. The van der Waals surface area contributed by atoms with Crippen LogP contribution in [0, 0.1) is 42.9 Å². The lowest BCUT2D eigenvalue weighted by atomic mass is 9.44. The summed E-state index contributed by atoms with van der Waals surface area (Å²) in [6.07, 6.45) is 5.65. The van der Waals surface area contributed by atoms with Gasteiger partial charge in [0.05, 0.1) is 0 Å². The maximum absolute atomic E-state index is 10.5. The molecule has 0 aromatic heterocycles. The molecule has 0 atom stereocenters. The Morgan fingerprint density at radius 1 is 0.900 bits per heavy atom. The van der Waals surface area contributed by atoms with E-state index in [2.05, 4.69) is 9.68 Å². The van der Waals surface area contributed by atoms with Gasteiger partial charge in [-0.1, -0.05) is 0 Å². The summed E-state index contributed by atoms with van der Waals surface area (Å²) in [5, 5.41) is 19.4. The fourth-order valence-corrected chi connectivity index (χ4v) is 5.37. The molecule has 0 spiro atoms. The van der Waals surface area contributed by atoms with Crippen LogP contribution < -0.4 is 0 Å². The standard InChI is InChI=1S/C12H18N2O6/c15-13(16)19-7-11-2-9-1-10(4-11)5-12(3-9,6-11)8-20-14(17)18/h9-10H,1-8H2. The van der Waals surface area contributed by atoms with Crippen LogP contribution in [0.25, 0.3) is 0 Å². The molecule has 4 fully saturated rings. The van der Waals surface area contributed by atoms with Gasteiger partial charge in [0.2, 0.25) is 0 Å². The second-order valence-electron chi connectivity index (χ2n) is 6.96. The van der Waals surface area contributed by atoms with E-state index in [1.54, 1.807) is 0 Å². The van der Waals surface area contributed by atoms with Gasteiger partial charge in [0.15, 0.2) is 0 Å². The van der Waals surface area contributed by atoms with Gasteiger partial charge in [-0.25, -0.2) is 0 Å². The highest BCUT2D eigenvalue weighted by Crippen LogP contribution is 2.65. The fraction of sp³-hybridized carbons (Fsp3) is 1.00. The summed E-state index contributed by atoms with van der Waals surface area (Å²) < 4.78 is 0. The van der Waals surface area contributed by atoms with E-state index in [-0.39, 0.29) is 24.0 Å². The zero-order chi connectivity index (χ0) is 14.4. The summed E-state index contributed by atoms with van der Waals surface area (Å²) in [7, 11) is 0. The minimum Gasteiger partial charge on any atom is -0.313 e. The maximum atomic E-state index is 10.5. The van der Waals surface area contributed by atoms with E-state index in [0.717, 1.165) is 38.5 Å². The molecule has 0 N–H and O–H groups in total. The van der Waals surface area contributed by atoms with Crippen molar-refractivity contribution in [3.8, 4) is 0 Å². The lowest BCUT2D eigenvalue weighted by Gasteiger charge is -2.61. The first-order chi connectivity index (χ1) is 9.40. The van der Waals surface area contributed by atoms with Crippen molar-refractivity contribution in [2.75, 3.05) is 13.2 Å². The molecule has 4 rings (SSSR count). The fourth-order valence-electron chi connectivity index (χ4n) is 5.37. The Bertz CT molecular complexity index is 390. The van der Waals surface area contributed by atoms with Gasteiger partial charge in [-0.3, -0.25) is 0 Å². The van der Waals surface area contributed by atoms with Gasteiger partial charge in [0.1, 0.15) is 13.2 Å². The van der Waals surface area contributed by atoms with Crippen LogP contribution in [0.5, 0.6) is 0 Å². The Labute approximate surface area is 115 Å². The van der Waals surface area contributed by atoms with Gasteiger partial charge in [-0.15, -0.1) is 20.2 Å². The van der Waals surface area contributed by atoms with Gasteiger partial charge in [-0.2, -0.15) is 0 Å². The molecule has 8 nitrogen and oxygen atoms in total. The summed E-state index contributed by atoms with van der Waals surface area (Å²) in [5.41, 5.74) is -0.367. The monoisotopic (exact) mass is 286 g/mol. The third-order valence-electron chi connectivity index (χ3n) is 5.26. The summed E-state index contributed by atoms with van der Waals surface area (Å²) in [6.45, 7) is 0.237. The van der Waals surface area contributed by atoms with Crippen LogP contribution in [0.15, 0.2) is 0 Å². The average molecular weight is 286 g/mol. The first-order valence-electron chi connectivity index (χ1n) is 6.95. The lowest BCUT2D eigenvalue weighted by molar-refractivity contribution is -0.764. The van der Waals surface area contributed by atoms with Crippen molar-refractivity contribution < 1.29 is 19.8 Å². The van der Waals surface area contributed by atoms with Crippen LogP contribution in [0.4, 0.5) is 0 Å². The van der Waals surface area contributed by atoms with Crippen LogP contribution in [0.1, 0.15) is 38.5 Å². The quantitative estimate of drug-likeness (QED) is 0.546. The molecule has 0 aromatic rings. The van der Waals surface area contributed by atoms with E-state index in [9.17, 15) is 20.2 Å². The lowest BCUT2D eigenvalue weighted by Crippen LogP contribution is -2.55. The highest BCUT2D eigenvalue weighted by Gasteiger charge is 2.58. The molecule has 0 aromatic carbocycles. The molecule has 4 aliphatic rings. The van der Waals surface area contributed by atoms with Crippen molar-refractivity contribution in [3.63, 3.8) is 0 Å². The molecular weight excluding hydrogens is 268 g/mol. The minimum absolute atomic E-state index is 0.118. The second-order valence-corrected chi connectivity index (χ2v) is 6.96. The highest BCUT2D eigenvalue weighted by atomic mass is 17.0. The third-order valence-corrected chi connectivity index (χ3v) is 5.26. The number of rotatable bonds is 6. The van der Waals surface area contributed by atoms with Crippen molar-refractivity contribution >= 4 is 0 Å². The van der Waals surface area contributed by atoms with E-state index in [4.69, 9.17) is 0 Å². The first kappa shape index (κ1) is 13.4. The van der Waals surface area contributed by atoms with Crippen LogP contribution in [0.2, 0.25) is 0 Å². The predicted molar refractivity (Wildman–Crippen MR) is 65.4 cm³/mol. The van der Waals surface area contributed by atoms with Crippen molar-refractivity contribution in [2.45, 2.75) is 38.5 Å². The number of nitrogens with zero attached hydrogens (tertiary/aromatic N) is 2. The molecule has 4 aliphatic carbocycles. The molecule has 0 saturated heterocycles. The Morgan fingerprint density at radius 2 is 1.30 bits per heavy atom. The van der Waals surface area contributed by atoms with Gasteiger partial charge in [-0.05, 0) is 61.2 Å². The molecule has 0 radical (unpaired) electrons. The van der Waals surface area contributed by atoms with Crippen LogP contribution in [-0.4, -0.2) is 23.4 Å². The van der Waals surface area contributed by atoms with E-state index in [1.807, 2.05) is 0 Å². The normalized spacial score (nSPS) is 41.4. The minimum atomic E-state index is -0.737. The molecule has 4 bridgehead atoms. The summed E-state index contributed by atoms with van der Waals surface area (Å²) in [4.78, 5) is 30.2. The van der Waals surface area contributed by atoms with E-state index < -0.39 is 10.2 Å².